The van der Waals surface area contributed by atoms with E-state index >= 15 is 0 Å². The van der Waals surface area contributed by atoms with Crippen LogP contribution < -0.4 is 20.9 Å². The highest BCUT2D eigenvalue weighted by atomic mass is 16.5. The van der Waals surface area contributed by atoms with E-state index in [0.717, 1.165) is 44.6 Å². The molecule has 0 atom stereocenters. The number of amides is 3. The molecule has 1 aromatic heterocycles. The monoisotopic (exact) mass is 450 g/mol. The van der Waals surface area contributed by atoms with Crippen LogP contribution in [-0.4, -0.2) is 29.8 Å². The van der Waals surface area contributed by atoms with Crippen LogP contribution in [-0.2, 0) is 27.3 Å². The van der Waals surface area contributed by atoms with Gasteiger partial charge in [-0.05, 0) is 55.7 Å². The third-order valence-corrected chi connectivity index (χ3v) is 5.48. The number of aromatic nitrogens is 1. The standard InChI is InChI=1S/C25H30N4O4/c1-15-11-16(2)25-21(12-15)20(17(3)27-25)13-24(32)29-28-23(31)10-9-22(30)26-14-18-5-7-19(33-4)8-6-18/h5-8,11-12,27H,9-10,13-14H2,1-4H3,(H,26,30)(H,28,31)(H,29,32). The lowest BCUT2D eigenvalue weighted by Crippen LogP contribution is -2.42. The third-order valence-electron chi connectivity index (χ3n) is 5.48. The molecule has 0 aliphatic carbocycles. The number of rotatable bonds is 8. The van der Waals surface area contributed by atoms with Crippen molar-refractivity contribution in [3.63, 3.8) is 0 Å². The first-order valence-corrected chi connectivity index (χ1v) is 10.8. The van der Waals surface area contributed by atoms with Crippen molar-refractivity contribution in [2.75, 3.05) is 7.11 Å². The van der Waals surface area contributed by atoms with Crippen molar-refractivity contribution >= 4 is 28.6 Å². The highest BCUT2D eigenvalue weighted by molar-refractivity contribution is 5.93. The number of H-pyrrole nitrogens is 1. The number of hydrazine groups is 1. The Labute approximate surface area is 193 Å². The molecule has 3 amide bonds. The van der Waals surface area contributed by atoms with E-state index in [1.54, 1.807) is 7.11 Å². The third kappa shape index (κ3) is 6.35. The number of aromatic amines is 1. The second-order valence-corrected chi connectivity index (χ2v) is 8.13. The first-order chi connectivity index (χ1) is 15.8. The second-order valence-electron chi connectivity index (χ2n) is 8.13. The Kier molecular flexibility index (Phi) is 7.71. The molecule has 0 spiro atoms. The smallest absolute Gasteiger partial charge is 0.242 e. The molecule has 0 bridgehead atoms. The van der Waals surface area contributed by atoms with Gasteiger partial charge in [0.15, 0.2) is 0 Å². The number of carbonyl (C=O) groups excluding carboxylic acids is 3. The summed E-state index contributed by atoms with van der Waals surface area (Å²) in [5.41, 5.74) is 10.8. The van der Waals surface area contributed by atoms with Gasteiger partial charge in [-0.25, -0.2) is 0 Å². The Hall–Kier alpha value is -3.81. The lowest BCUT2D eigenvalue weighted by atomic mass is 10.0. The van der Waals surface area contributed by atoms with E-state index in [4.69, 9.17) is 4.74 Å². The van der Waals surface area contributed by atoms with Gasteiger partial charge in [-0.1, -0.05) is 23.8 Å². The van der Waals surface area contributed by atoms with Crippen molar-refractivity contribution in [2.45, 2.75) is 46.6 Å². The number of aryl methyl sites for hydroxylation is 3. The minimum absolute atomic E-state index is 0.0258. The number of fused-ring (bicyclic) bond motifs is 1. The Morgan fingerprint density at radius 2 is 1.58 bits per heavy atom. The molecule has 8 heteroatoms. The SMILES string of the molecule is COc1ccc(CNC(=O)CCC(=O)NNC(=O)Cc2c(C)[nH]c3c(C)cc(C)cc23)cc1. The van der Waals surface area contributed by atoms with E-state index in [1.165, 1.54) is 0 Å². The summed E-state index contributed by atoms with van der Waals surface area (Å²) in [6, 6.07) is 11.5. The number of hydrogen-bond donors (Lipinski definition) is 4. The molecule has 2 aromatic carbocycles. The highest BCUT2D eigenvalue weighted by Crippen LogP contribution is 2.26. The van der Waals surface area contributed by atoms with Gasteiger partial charge in [0.25, 0.3) is 0 Å². The molecule has 0 aliphatic heterocycles. The fraction of sp³-hybridized carbons (Fsp3) is 0.320. The molecule has 1 heterocycles. The summed E-state index contributed by atoms with van der Waals surface area (Å²) in [7, 11) is 1.59. The fourth-order valence-electron chi connectivity index (χ4n) is 3.73. The number of nitrogens with one attached hydrogen (secondary N) is 4. The van der Waals surface area contributed by atoms with Gasteiger partial charge < -0.3 is 15.0 Å². The molecule has 0 aliphatic rings. The zero-order valence-corrected chi connectivity index (χ0v) is 19.4. The zero-order valence-electron chi connectivity index (χ0n) is 19.4. The molecular weight excluding hydrogens is 420 g/mol. The van der Waals surface area contributed by atoms with E-state index < -0.39 is 5.91 Å². The van der Waals surface area contributed by atoms with E-state index in [9.17, 15) is 14.4 Å². The van der Waals surface area contributed by atoms with Crippen LogP contribution in [0.1, 0.15) is 40.8 Å². The molecule has 8 nitrogen and oxygen atoms in total. The number of benzene rings is 2. The predicted octanol–water partition coefficient (Wildman–Crippen LogP) is 2.89. The Morgan fingerprint density at radius 3 is 2.27 bits per heavy atom. The van der Waals surface area contributed by atoms with Gasteiger partial charge in [-0.15, -0.1) is 0 Å². The van der Waals surface area contributed by atoms with Gasteiger partial charge in [0.2, 0.25) is 17.7 Å². The average molecular weight is 451 g/mol. The zero-order chi connectivity index (χ0) is 24.0. The van der Waals surface area contributed by atoms with E-state index in [0.29, 0.717) is 6.54 Å². The molecule has 0 radical (unpaired) electrons. The maximum Gasteiger partial charge on any atom is 0.242 e. The van der Waals surface area contributed by atoms with Crippen LogP contribution in [0.4, 0.5) is 0 Å². The Balaban J connectivity index is 1.42. The van der Waals surface area contributed by atoms with Gasteiger partial charge in [-0.2, -0.15) is 0 Å². The molecule has 0 unspecified atom stereocenters. The van der Waals surface area contributed by atoms with E-state index in [-0.39, 0.29) is 31.1 Å². The average Bonchev–Trinajstić information content (AvgIpc) is 3.10. The second kappa shape index (κ2) is 10.7. The summed E-state index contributed by atoms with van der Waals surface area (Å²) in [6.45, 7) is 6.35. The molecule has 33 heavy (non-hydrogen) atoms. The predicted molar refractivity (Wildman–Crippen MR) is 127 cm³/mol. The summed E-state index contributed by atoms with van der Waals surface area (Å²) in [5, 5.41) is 3.78. The summed E-state index contributed by atoms with van der Waals surface area (Å²) in [6.07, 6.45) is 0.133. The normalized spacial score (nSPS) is 10.7. The minimum Gasteiger partial charge on any atom is -0.497 e. The van der Waals surface area contributed by atoms with Crippen molar-refractivity contribution in [2.24, 2.45) is 0 Å². The molecule has 0 saturated carbocycles. The van der Waals surface area contributed by atoms with Crippen LogP contribution in [0.2, 0.25) is 0 Å². The summed E-state index contributed by atoms with van der Waals surface area (Å²) in [5.74, 6) is -0.248. The first-order valence-electron chi connectivity index (χ1n) is 10.8. The number of hydrogen-bond acceptors (Lipinski definition) is 4. The highest BCUT2D eigenvalue weighted by Gasteiger charge is 2.15. The largest absolute Gasteiger partial charge is 0.497 e. The lowest BCUT2D eigenvalue weighted by Gasteiger charge is -2.09. The summed E-state index contributed by atoms with van der Waals surface area (Å²) < 4.78 is 5.10. The van der Waals surface area contributed by atoms with Gasteiger partial charge in [0.05, 0.1) is 13.5 Å². The first kappa shape index (κ1) is 23.8. The molecule has 0 saturated heterocycles. The Morgan fingerprint density at radius 1 is 0.909 bits per heavy atom. The molecule has 3 rings (SSSR count). The van der Waals surface area contributed by atoms with Crippen molar-refractivity contribution in [1.29, 1.82) is 0 Å². The van der Waals surface area contributed by atoms with Crippen molar-refractivity contribution in [3.8, 4) is 5.75 Å². The number of ether oxygens (including phenoxy) is 1. The van der Waals surface area contributed by atoms with Crippen LogP contribution in [0.15, 0.2) is 36.4 Å². The van der Waals surface area contributed by atoms with Gasteiger partial charge in [0.1, 0.15) is 5.75 Å². The van der Waals surface area contributed by atoms with Crippen molar-refractivity contribution in [1.82, 2.24) is 21.2 Å². The quantitative estimate of drug-likeness (QED) is 0.395. The fourth-order valence-corrected chi connectivity index (χ4v) is 3.73. The van der Waals surface area contributed by atoms with Gasteiger partial charge >= 0.3 is 0 Å². The molecular formula is C25H30N4O4. The molecule has 3 aromatic rings. The van der Waals surface area contributed by atoms with Crippen LogP contribution in [0, 0.1) is 20.8 Å². The van der Waals surface area contributed by atoms with Gasteiger partial charge in [-0.3, -0.25) is 25.2 Å². The molecule has 4 N–H and O–H groups in total. The molecule has 0 fully saturated rings. The van der Waals surface area contributed by atoms with Crippen molar-refractivity contribution in [3.05, 3.63) is 64.3 Å². The van der Waals surface area contributed by atoms with Crippen LogP contribution in [0.3, 0.4) is 0 Å². The maximum absolute atomic E-state index is 12.4. The van der Waals surface area contributed by atoms with Gasteiger partial charge in [0, 0.05) is 36.0 Å². The topological polar surface area (TPSA) is 112 Å². The summed E-state index contributed by atoms with van der Waals surface area (Å²) >= 11 is 0. The lowest BCUT2D eigenvalue weighted by molar-refractivity contribution is -0.130. The van der Waals surface area contributed by atoms with Crippen LogP contribution in [0.5, 0.6) is 5.75 Å². The van der Waals surface area contributed by atoms with E-state index in [1.807, 2.05) is 45.0 Å². The number of methoxy groups -OCH3 is 1. The summed E-state index contributed by atoms with van der Waals surface area (Å²) in [4.78, 5) is 39.8. The number of carbonyl (C=O) groups is 3. The Bertz CT molecular complexity index is 1170. The molecule has 174 valence electrons. The maximum atomic E-state index is 12.4. The van der Waals surface area contributed by atoms with E-state index in [2.05, 4.69) is 33.3 Å². The minimum atomic E-state index is -0.426. The van der Waals surface area contributed by atoms with Crippen LogP contribution in [0.25, 0.3) is 10.9 Å². The van der Waals surface area contributed by atoms with Crippen molar-refractivity contribution < 1.29 is 19.1 Å². The van der Waals surface area contributed by atoms with Crippen LogP contribution >= 0.6 is 0 Å².